The second-order valence-electron chi connectivity index (χ2n) is 8.02. The minimum absolute atomic E-state index is 0.160. The van der Waals surface area contributed by atoms with Crippen molar-refractivity contribution in [2.45, 2.75) is 44.7 Å². The van der Waals surface area contributed by atoms with Crippen molar-refractivity contribution in [1.82, 2.24) is 4.90 Å². The van der Waals surface area contributed by atoms with Gasteiger partial charge < -0.3 is 15.2 Å². The number of nitrogens with two attached hydrogens (primary N) is 1. The van der Waals surface area contributed by atoms with Crippen molar-refractivity contribution in [3.05, 3.63) is 58.1 Å². The van der Waals surface area contributed by atoms with E-state index >= 15 is 0 Å². The summed E-state index contributed by atoms with van der Waals surface area (Å²) >= 11 is 0. The summed E-state index contributed by atoms with van der Waals surface area (Å²) in [4.78, 5) is 2.61. The third kappa shape index (κ3) is 3.21. The maximum Gasteiger partial charge on any atom is 0.161 e. The van der Waals surface area contributed by atoms with Gasteiger partial charge in [0, 0.05) is 31.1 Å². The number of nitrogens with zero attached hydrogens (tertiary/aromatic N) is 1. The van der Waals surface area contributed by atoms with Crippen LogP contribution in [0.25, 0.3) is 0 Å². The van der Waals surface area contributed by atoms with Crippen molar-refractivity contribution in [3.63, 3.8) is 0 Å². The highest BCUT2D eigenvalue weighted by Crippen LogP contribution is 2.44. The van der Waals surface area contributed by atoms with Gasteiger partial charge in [-0.15, -0.1) is 0 Å². The third-order valence-electron chi connectivity index (χ3n) is 6.52. The van der Waals surface area contributed by atoms with Crippen molar-refractivity contribution < 1.29 is 9.47 Å². The SMILES string of the molecule is COc1cc2c(cc1OC)[C@H]1C[C@@H](N)[C@H](c3ccc(C)c(C)c3)CN1CC2. The van der Waals surface area contributed by atoms with Crippen LogP contribution in [0.15, 0.2) is 30.3 Å². The fourth-order valence-electron chi connectivity index (χ4n) is 4.73. The van der Waals surface area contributed by atoms with E-state index in [0.29, 0.717) is 12.0 Å². The van der Waals surface area contributed by atoms with Crippen molar-refractivity contribution in [1.29, 1.82) is 0 Å². The van der Waals surface area contributed by atoms with Gasteiger partial charge in [-0.05, 0) is 66.6 Å². The predicted molar refractivity (Wildman–Crippen MR) is 109 cm³/mol. The molecular weight excluding hydrogens is 336 g/mol. The van der Waals surface area contributed by atoms with Gasteiger partial charge in [-0.2, -0.15) is 0 Å². The van der Waals surface area contributed by atoms with Crippen LogP contribution in [0.5, 0.6) is 11.5 Å². The number of hydrogen-bond acceptors (Lipinski definition) is 4. The van der Waals surface area contributed by atoms with Gasteiger partial charge in [-0.1, -0.05) is 18.2 Å². The normalized spacial score (nSPS) is 24.9. The second-order valence-corrected chi connectivity index (χ2v) is 8.02. The first kappa shape index (κ1) is 18.3. The molecule has 0 amide bonds. The Labute approximate surface area is 162 Å². The van der Waals surface area contributed by atoms with Crippen LogP contribution in [0.1, 0.15) is 46.2 Å². The lowest BCUT2D eigenvalue weighted by Crippen LogP contribution is -2.49. The van der Waals surface area contributed by atoms with Crippen molar-refractivity contribution in [3.8, 4) is 11.5 Å². The number of hydrogen-bond donors (Lipinski definition) is 1. The number of benzene rings is 2. The molecule has 2 N–H and O–H groups in total. The molecule has 27 heavy (non-hydrogen) atoms. The van der Waals surface area contributed by atoms with Gasteiger partial charge in [-0.3, -0.25) is 4.90 Å². The highest BCUT2D eigenvalue weighted by atomic mass is 16.5. The van der Waals surface area contributed by atoms with E-state index in [1.54, 1.807) is 14.2 Å². The van der Waals surface area contributed by atoms with E-state index < -0.39 is 0 Å². The number of fused-ring (bicyclic) bond motifs is 3. The summed E-state index contributed by atoms with van der Waals surface area (Å²) in [5, 5.41) is 0. The summed E-state index contributed by atoms with van der Waals surface area (Å²) in [6.45, 7) is 6.44. The standard InChI is InChI=1S/C23H30N2O2/c1-14-5-6-16(9-15(14)2)19-13-25-8-7-17-10-22(26-3)23(27-4)11-18(17)21(25)12-20(19)24/h5-6,9-11,19-21H,7-8,12-13,24H2,1-4H3/t19-,20+,21+/m0/s1. The lowest BCUT2D eigenvalue weighted by Gasteiger charge is -2.46. The number of piperidine rings is 1. The maximum atomic E-state index is 6.71. The second kappa shape index (κ2) is 7.17. The van der Waals surface area contributed by atoms with Gasteiger partial charge in [0.1, 0.15) is 0 Å². The first-order chi connectivity index (χ1) is 13.0. The quantitative estimate of drug-likeness (QED) is 0.899. The van der Waals surface area contributed by atoms with E-state index in [9.17, 15) is 0 Å². The summed E-state index contributed by atoms with van der Waals surface area (Å²) in [6.07, 6.45) is 2.02. The summed E-state index contributed by atoms with van der Waals surface area (Å²) in [6, 6.07) is 11.6. The number of rotatable bonds is 3. The molecule has 144 valence electrons. The molecule has 4 rings (SSSR count). The Hall–Kier alpha value is -2.04. The van der Waals surface area contributed by atoms with E-state index in [1.807, 2.05) is 0 Å². The first-order valence-corrected chi connectivity index (χ1v) is 9.83. The Morgan fingerprint density at radius 2 is 1.74 bits per heavy atom. The van der Waals surface area contributed by atoms with Crippen molar-refractivity contribution in [2.75, 3.05) is 27.3 Å². The fraction of sp³-hybridized carbons (Fsp3) is 0.478. The van der Waals surface area contributed by atoms with Crippen molar-refractivity contribution >= 4 is 0 Å². The van der Waals surface area contributed by atoms with E-state index in [1.165, 1.54) is 27.8 Å². The zero-order valence-electron chi connectivity index (χ0n) is 16.8. The highest BCUT2D eigenvalue weighted by Gasteiger charge is 2.38. The van der Waals surface area contributed by atoms with Crippen LogP contribution in [0, 0.1) is 13.8 Å². The average molecular weight is 367 g/mol. The molecule has 3 atom stereocenters. The summed E-state index contributed by atoms with van der Waals surface area (Å²) in [5.41, 5.74) is 13.5. The van der Waals surface area contributed by atoms with Crippen LogP contribution >= 0.6 is 0 Å². The Morgan fingerprint density at radius 3 is 2.44 bits per heavy atom. The van der Waals surface area contributed by atoms with Crippen LogP contribution in [0.2, 0.25) is 0 Å². The van der Waals surface area contributed by atoms with Gasteiger partial charge >= 0.3 is 0 Å². The summed E-state index contributed by atoms with van der Waals surface area (Å²) in [5.74, 6) is 2.02. The zero-order valence-corrected chi connectivity index (χ0v) is 16.8. The molecule has 0 spiro atoms. The molecule has 1 saturated heterocycles. The molecule has 2 aliphatic rings. The molecule has 0 aliphatic carbocycles. The summed E-state index contributed by atoms with van der Waals surface area (Å²) < 4.78 is 11.0. The van der Waals surface area contributed by atoms with E-state index in [2.05, 4.69) is 49.1 Å². The Morgan fingerprint density at radius 1 is 1.00 bits per heavy atom. The molecule has 2 heterocycles. The molecule has 1 fully saturated rings. The fourth-order valence-corrected chi connectivity index (χ4v) is 4.73. The number of ether oxygens (including phenoxy) is 2. The van der Waals surface area contributed by atoms with Gasteiger partial charge in [0.15, 0.2) is 11.5 Å². The van der Waals surface area contributed by atoms with Crippen LogP contribution in [0.4, 0.5) is 0 Å². The van der Waals surface area contributed by atoms with Crippen molar-refractivity contribution in [2.24, 2.45) is 5.73 Å². The molecule has 0 unspecified atom stereocenters. The van der Waals surface area contributed by atoms with Crippen LogP contribution in [-0.2, 0) is 6.42 Å². The number of methoxy groups -OCH3 is 2. The van der Waals surface area contributed by atoms with Crippen LogP contribution < -0.4 is 15.2 Å². The van der Waals surface area contributed by atoms with Gasteiger partial charge in [0.25, 0.3) is 0 Å². The third-order valence-corrected chi connectivity index (χ3v) is 6.52. The minimum atomic E-state index is 0.160. The van der Waals surface area contributed by atoms with Crippen LogP contribution in [-0.4, -0.2) is 38.3 Å². The number of aryl methyl sites for hydroxylation is 2. The van der Waals surface area contributed by atoms with E-state index in [-0.39, 0.29) is 6.04 Å². The Kier molecular flexibility index (Phi) is 4.87. The lowest BCUT2D eigenvalue weighted by atomic mass is 9.78. The largest absolute Gasteiger partial charge is 0.493 e. The van der Waals surface area contributed by atoms with Gasteiger partial charge in [-0.25, -0.2) is 0 Å². The zero-order chi connectivity index (χ0) is 19.1. The highest BCUT2D eigenvalue weighted by molar-refractivity contribution is 5.50. The molecule has 0 radical (unpaired) electrons. The van der Waals surface area contributed by atoms with E-state index in [0.717, 1.165) is 37.4 Å². The maximum absolute atomic E-state index is 6.71. The average Bonchev–Trinajstić information content (AvgIpc) is 2.68. The molecule has 4 nitrogen and oxygen atoms in total. The molecule has 0 aromatic heterocycles. The molecule has 2 aliphatic heterocycles. The lowest BCUT2D eigenvalue weighted by molar-refractivity contribution is 0.109. The topological polar surface area (TPSA) is 47.7 Å². The Balaban J connectivity index is 1.64. The minimum Gasteiger partial charge on any atom is -0.493 e. The Bertz CT molecular complexity index is 849. The molecule has 2 aromatic carbocycles. The molecule has 2 aromatic rings. The van der Waals surface area contributed by atoms with Gasteiger partial charge in [0.05, 0.1) is 14.2 Å². The predicted octanol–water partition coefficient (Wildman–Crippen LogP) is 3.73. The van der Waals surface area contributed by atoms with E-state index in [4.69, 9.17) is 15.2 Å². The molecule has 0 saturated carbocycles. The molecule has 0 bridgehead atoms. The van der Waals surface area contributed by atoms with Crippen LogP contribution in [0.3, 0.4) is 0 Å². The summed E-state index contributed by atoms with van der Waals surface area (Å²) in [7, 11) is 3.40. The molecular formula is C23H30N2O2. The van der Waals surface area contributed by atoms with Gasteiger partial charge in [0.2, 0.25) is 0 Å². The smallest absolute Gasteiger partial charge is 0.161 e. The first-order valence-electron chi connectivity index (χ1n) is 9.83. The molecule has 4 heteroatoms. The monoisotopic (exact) mass is 366 g/mol.